The van der Waals surface area contributed by atoms with Crippen LogP contribution in [0.15, 0.2) is 41.8 Å². The van der Waals surface area contributed by atoms with Crippen LogP contribution >= 0.6 is 11.8 Å². The fourth-order valence-electron chi connectivity index (χ4n) is 3.59. The zero-order valence-corrected chi connectivity index (χ0v) is 19.0. The first-order valence-corrected chi connectivity index (χ1v) is 11.1. The maximum atomic E-state index is 15.3. The third-order valence-corrected chi connectivity index (χ3v) is 6.44. The largest absolute Gasteiger partial charge is 0.386 e. The minimum Gasteiger partial charge on any atom is -0.386 e. The molecule has 0 saturated heterocycles. The van der Waals surface area contributed by atoms with E-state index in [9.17, 15) is 9.90 Å². The molecular weight excluding hydrogens is 436 g/mol. The van der Waals surface area contributed by atoms with Crippen molar-refractivity contribution in [1.82, 2.24) is 4.98 Å². The van der Waals surface area contributed by atoms with Crippen LogP contribution in [0.3, 0.4) is 0 Å². The Morgan fingerprint density at radius 1 is 1.34 bits per heavy atom. The van der Waals surface area contributed by atoms with Gasteiger partial charge in [0.15, 0.2) is 0 Å². The molecule has 4 N–H and O–H groups in total. The lowest BCUT2D eigenvalue weighted by Gasteiger charge is -2.36. The van der Waals surface area contributed by atoms with Gasteiger partial charge in [-0.25, -0.2) is 13.8 Å². The number of rotatable bonds is 9. The Bertz CT molecular complexity index is 1000. The molecule has 0 saturated carbocycles. The molecule has 9 heteroatoms. The predicted molar refractivity (Wildman–Crippen MR) is 121 cm³/mol. The smallest absolute Gasteiger partial charge is 0.228 e. The maximum absolute atomic E-state index is 15.3. The van der Waals surface area contributed by atoms with Crippen molar-refractivity contribution in [3.63, 3.8) is 0 Å². The number of hydrogen-bond acceptors (Lipinski definition) is 6. The van der Waals surface area contributed by atoms with Crippen LogP contribution in [-0.2, 0) is 26.4 Å². The number of nitrogens with one attached hydrogen (secondary N) is 1. The van der Waals surface area contributed by atoms with Crippen molar-refractivity contribution in [2.24, 2.45) is 11.7 Å². The second kappa shape index (κ2) is 9.56. The van der Waals surface area contributed by atoms with E-state index >= 15 is 8.78 Å². The Balaban J connectivity index is 2.07. The number of anilines is 1. The highest BCUT2D eigenvalue weighted by atomic mass is 32.2. The van der Waals surface area contributed by atoms with Crippen molar-refractivity contribution in [2.45, 2.75) is 37.7 Å². The van der Waals surface area contributed by atoms with Crippen LogP contribution in [-0.4, -0.2) is 29.2 Å². The number of carbonyl (C=O) groups excluding carboxylic acids is 1. The number of aliphatic hydroxyl groups is 1. The SMILES string of the molecule is CCOCCc1cccc(NC2(c3c(F)cc(C(C)(C)O)cc3F)SC=CC2C(N)=O)n1. The zero-order valence-electron chi connectivity index (χ0n) is 18.2. The van der Waals surface area contributed by atoms with E-state index in [2.05, 4.69) is 10.3 Å². The van der Waals surface area contributed by atoms with Gasteiger partial charge in [0.25, 0.3) is 0 Å². The summed E-state index contributed by atoms with van der Waals surface area (Å²) in [5.41, 5.74) is 4.61. The molecule has 1 aromatic heterocycles. The molecule has 1 aromatic carbocycles. The Morgan fingerprint density at radius 2 is 2.03 bits per heavy atom. The summed E-state index contributed by atoms with van der Waals surface area (Å²) >= 11 is 1.04. The van der Waals surface area contributed by atoms with E-state index in [1.54, 1.807) is 17.5 Å². The summed E-state index contributed by atoms with van der Waals surface area (Å²) in [4.78, 5) is 15.2. The molecule has 0 bridgehead atoms. The minimum atomic E-state index is -1.58. The molecule has 172 valence electrons. The number of nitrogens with two attached hydrogens (primary N) is 1. The van der Waals surface area contributed by atoms with Gasteiger partial charge in [-0.15, -0.1) is 0 Å². The van der Waals surface area contributed by atoms with Gasteiger partial charge in [0.1, 0.15) is 22.3 Å². The van der Waals surface area contributed by atoms with Crippen molar-refractivity contribution in [1.29, 1.82) is 0 Å². The number of primary amides is 1. The summed E-state index contributed by atoms with van der Waals surface area (Å²) in [5, 5.41) is 14.9. The van der Waals surface area contributed by atoms with Crippen LogP contribution in [0, 0.1) is 17.6 Å². The van der Waals surface area contributed by atoms with Crippen LogP contribution < -0.4 is 11.1 Å². The number of aromatic nitrogens is 1. The summed E-state index contributed by atoms with van der Waals surface area (Å²) in [6.45, 7) is 5.84. The van der Waals surface area contributed by atoms with Crippen LogP contribution in [0.2, 0.25) is 0 Å². The van der Waals surface area contributed by atoms with Gasteiger partial charge in [-0.1, -0.05) is 23.9 Å². The summed E-state index contributed by atoms with van der Waals surface area (Å²) in [6.07, 6.45) is 2.08. The maximum Gasteiger partial charge on any atom is 0.228 e. The molecule has 1 aliphatic rings. The molecule has 0 radical (unpaired) electrons. The van der Waals surface area contributed by atoms with Gasteiger partial charge < -0.3 is 20.9 Å². The number of nitrogens with zero attached hydrogens (tertiary/aromatic N) is 1. The number of thioether (sulfide) groups is 1. The summed E-state index contributed by atoms with van der Waals surface area (Å²) in [5.74, 6) is -3.24. The van der Waals surface area contributed by atoms with Gasteiger partial charge in [-0.2, -0.15) is 0 Å². The Kier molecular flexibility index (Phi) is 7.22. The van der Waals surface area contributed by atoms with Crippen molar-refractivity contribution < 1.29 is 23.4 Å². The Morgan fingerprint density at radius 3 is 2.62 bits per heavy atom. The fourth-order valence-corrected chi connectivity index (χ4v) is 4.86. The lowest BCUT2D eigenvalue weighted by atomic mass is 9.88. The van der Waals surface area contributed by atoms with Crippen molar-refractivity contribution in [3.8, 4) is 0 Å². The summed E-state index contributed by atoms with van der Waals surface area (Å²) < 4.78 is 36.0. The van der Waals surface area contributed by atoms with E-state index in [4.69, 9.17) is 10.5 Å². The standard InChI is InChI=1S/C23H27F2N3O3S/c1-4-31-10-8-15-6-5-7-19(27-15)28-23(16(21(26)29)9-11-32-23)20-17(24)12-14(13-18(20)25)22(2,3)30/h5-7,9,11-13,16,30H,4,8,10H2,1-3H3,(H2,26,29)(H,27,28). The first-order valence-electron chi connectivity index (χ1n) is 10.3. The van der Waals surface area contributed by atoms with E-state index in [-0.39, 0.29) is 11.1 Å². The minimum absolute atomic E-state index is 0.0778. The average Bonchev–Trinajstić information content (AvgIpc) is 3.11. The van der Waals surface area contributed by atoms with Crippen LogP contribution in [0.5, 0.6) is 0 Å². The van der Waals surface area contributed by atoms with Crippen molar-refractivity contribution >= 4 is 23.5 Å². The second-order valence-electron chi connectivity index (χ2n) is 8.02. The van der Waals surface area contributed by atoms with E-state index in [1.165, 1.54) is 19.9 Å². The molecule has 0 spiro atoms. The van der Waals surface area contributed by atoms with Gasteiger partial charge in [0.2, 0.25) is 5.91 Å². The number of carbonyl (C=O) groups is 1. The molecular formula is C23H27F2N3O3S. The first kappa shape index (κ1) is 24.2. The topological polar surface area (TPSA) is 97.5 Å². The van der Waals surface area contributed by atoms with E-state index < -0.39 is 33.9 Å². The second-order valence-corrected chi connectivity index (χ2v) is 9.17. The number of halogens is 2. The van der Waals surface area contributed by atoms with Crippen molar-refractivity contribution in [2.75, 3.05) is 18.5 Å². The lowest BCUT2D eigenvalue weighted by Crippen LogP contribution is -2.45. The van der Waals surface area contributed by atoms with Gasteiger partial charge in [0.05, 0.1) is 23.7 Å². The molecule has 6 nitrogen and oxygen atoms in total. The van der Waals surface area contributed by atoms with E-state index in [1.807, 2.05) is 13.0 Å². The molecule has 2 aromatic rings. The molecule has 0 aliphatic carbocycles. The van der Waals surface area contributed by atoms with Gasteiger partial charge in [-0.3, -0.25) is 4.79 Å². The Labute approximate surface area is 190 Å². The predicted octanol–water partition coefficient (Wildman–Crippen LogP) is 3.79. The third kappa shape index (κ3) is 4.95. The number of pyridine rings is 1. The van der Waals surface area contributed by atoms with Gasteiger partial charge in [0, 0.05) is 18.7 Å². The summed E-state index contributed by atoms with van der Waals surface area (Å²) in [6, 6.07) is 7.39. The molecule has 1 aliphatic heterocycles. The van der Waals surface area contributed by atoms with Crippen molar-refractivity contribution in [3.05, 3.63) is 70.3 Å². The van der Waals surface area contributed by atoms with Crippen LogP contribution in [0.1, 0.15) is 37.6 Å². The highest BCUT2D eigenvalue weighted by molar-refractivity contribution is 8.03. The van der Waals surface area contributed by atoms with Gasteiger partial charge >= 0.3 is 0 Å². The molecule has 2 heterocycles. The van der Waals surface area contributed by atoms with E-state index in [0.717, 1.165) is 29.6 Å². The number of amides is 1. The normalized spacial score (nSPS) is 20.5. The number of ether oxygens (including phenoxy) is 1. The number of benzene rings is 1. The molecule has 2 atom stereocenters. The number of hydrogen-bond donors (Lipinski definition) is 3. The molecule has 2 unspecified atom stereocenters. The molecule has 32 heavy (non-hydrogen) atoms. The van der Waals surface area contributed by atoms with Crippen LogP contribution in [0.25, 0.3) is 0 Å². The van der Waals surface area contributed by atoms with Crippen LogP contribution in [0.4, 0.5) is 14.6 Å². The highest BCUT2D eigenvalue weighted by Gasteiger charge is 2.49. The third-order valence-electron chi connectivity index (χ3n) is 5.22. The highest BCUT2D eigenvalue weighted by Crippen LogP contribution is 2.51. The molecule has 1 amide bonds. The molecule has 3 rings (SSSR count). The first-order chi connectivity index (χ1) is 15.1. The van der Waals surface area contributed by atoms with Gasteiger partial charge in [-0.05, 0) is 56.0 Å². The summed E-state index contributed by atoms with van der Waals surface area (Å²) in [7, 11) is 0. The average molecular weight is 464 g/mol. The zero-order chi connectivity index (χ0) is 23.5. The van der Waals surface area contributed by atoms with E-state index in [0.29, 0.717) is 25.5 Å². The quantitative estimate of drug-likeness (QED) is 0.490. The monoisotopic (exact) mass is 463 g/mol. The fraction of sp³-hybridized carbons (Fsp3) is 0.391. The molecule has 0 fully saturated rings. The lowest BCUT2D eigenvalue weighted by molar-refractivity contribution is -0.121. The Hall–Kier alpha value is -2.49.